The first kappa shape index (κ1) is 12.9. The van der Waals surface area contributed by atoms with Gasteiger partial charge in [0.1, 0.15) is 0 Å². The second-order valence-electron chi connectivity index (χ2n) is 5.52. The van der Waals surface area contributed by atoms with Gasteiger partial charge >= 0.3 is 5.97 Å². The van der Waals surface area contributed by atoms with Crippen LogP contribution in [0.2, 0.25) is 0 Å². The van der Waals surface area contributed by atoms with E-state index in [0.29, 0.717) is 17.6 Å². The Kier molecular flexibility index (Phi) is 3.25. The third-order valence-electron chi connectivity index (χ3n) is 4.39. The molecule has 19 heavy (non-hydrogen) atoms. The summed E-state index contributed by atoms with van der Waals surface area (Å²) in [5.74, 6) is -0.213. The van der Waals surface area contributed by atoms with E-state index in [2.05, 4.69) is 21.2 Å². The number of halogens is 2. The molecule has 1 aromatic carbocycles. The molecule has 0 amide bonds. The van der Waals surface area contributed by atoms with Crippen LogP contribution in [0.5, 0.6) is 0 Å². The van der Waals surface area contributed by atoms with E-state index >= 15 is 0 Å². The predicted octanol–water partition coefficient (Wildman–Crippen LogP) is 3.89. The summed E-state index contributed by atoms with van der Waals surface area (Å²) in [6.07, 6.45) is 4.86. The van der Waals surface area contributed by atoms with Crippen molar-refractivity contribution in [3.63, 3.8) is 0 Å². The fourth-order valence-electron chi connectivity index (χ4n) is 3.45. The molecular formula is C14H15BrFNO2. The summed E-state index contributed by atoms with van der Waals surface area (Å²) in [5.41, 5.74) is 0.352. The zero-order chi connectivity index (χ0) is 13.6. The van der Waals surface area contributed by atoms with E-state index in [1.807, 2.05) is 0 Å². The number of aromatic carboxylic acids is 1. The van der Waals surface area contributed by atoms with Gasteiger partial charge in [0, 0.05) is 6.04 Å². The van der Waals surface area contributed by atoms with Gasteiger partial charge in [-0.1, -0.05) is 6.42 Å². The van der Waals surface area contributed by atoms with E-state index in [0.717, 1.165) is 12.3 Å². The van der Waals surface area contributed by atoms with Crippen LogP contribution in [0.4, 0.5) is 10.1 Å². The van der Waals surface area contributed by atoms with Gasteiger partial charge in [-0.15, -0.1) is 0 Å². The summed E-state index contributed by atoms with van der Waals surface area (Å²) in [6.45, 7) is 0. The van der Waals surface area contributed by atoms with E-state index in [4.69, 9.17) is 5.11 Å². The van der Waals surface area contributed by atoms with Crippen LogP contribution in [-0.2, 0) is 0 Å². The highest BCUT2D eigenvalue weighted by molar-refractivity contribution is 9.10. The van der Waals surface area contributed by atoms with Gasteiger partial charge in [-0.3, -0.25) is 0 Å². The quantitative estimate of drug-likeness (QED) is 0.885. The van der Waals surface area contributed by atoms with E-state index in [-0.39, 0.29) is 10.0 Å². The summed E-state index contributed by atoms with van der Waals surface area (Å²) < 4.78 is 14.2. The minimum absolute atomic E-state index is 0.0214. The maximum Gasteiger partial charge on any atom is 0.336 e. The molecule has 5 heteroatoms. The number of benzene rings is 1. The molecule has 2 fully saturated rings. The molecule has 2 aliphatic carbocycles. The van der Waals surface area contributed by atoms with Crippen LogP contribution in [0, 0.1) is 17.7 Å². The Morgan fingerprint density at radius 2 is 2.16 bits per heavy atom. The second-order valence-corrected chi connectivity index (χ2v) is 6.31. The third-order valence-corrected chi connectivity index (χ3v) is 5.17. The van der Waals surface area contributed by atoms with Crippen LogP contribution in [-0.4, -0.2) is 17.1 Å². The normalized spacial score (nSPS) is 28.6. The number of carbonyl (C=O) groups is 1. The van der Waals surface area contributed by atoms with E-state index in [1.54, 1.807) is 0 Å². The molecule has 2 aliphatic rings. The Labute approximate surface area is 119 Å². The molecule has 102 valence electrons. The first-order valence-electron chi connectivity index (χ1n) is 6.54. The molecule has 2 N–H and O–H groups in total. The smallest absolute Gasteiger partial charge is 0.336 e. The number of hydrogen-bond donors (Lipinski definition) is 2. The lowest BCUT2D eigenvalue weighted by Gasteiger charge is -2.24. The maximum absolute atomic E-state index is 14.1. The fourth-order valence-corrected chi connectivity index (χ4v) is 3.96. The van der Waals surface area contributed by atoms with Gasteiger partial charge in [0.2, 0.25) is 0 Å². The number of hydrogen-bond acceptors (Lipinski definition) is 2. The van der Waals surface area contributed by atoms with Crippen molar-refractivity contribution in [1.29, 1.82) is 0 Å². The number of carboxylic acid groups (broad SMARTS) is 1. The van der Waals surface area contributed by atoms with Gasteiger partial charge in [-0.05, 0) is 59.2 Å². The van der Waals surface area contributed by atoms with Crippen molar-refractivity contribution in [2.24, 2.45) is 11.8 Å². The molecule has 2 saturated carbocycles. The molecule has 3 rings (SSSR count). The summed E-state index contributed by atoms with van der Waals surface area (Å²) in [7, 11) is 0. The van der Waals surface area contributed by atoms with Crippen molar-refractivity contribution in [3.8, 4) is 0 Å². The number of carboxylic acids is 1. The zero-order valence-electron chi connectivity index (χ0n) is 10.3. The van der Waals surface area contributed by atoms with Crippen molar-refractivity contribution in [2.45, 2.75) is 31.7 Å². The zero-order valence-corrected chi connectivity index (χ0v) is 11.9. The van der Waals surface area contributed by atoms with E-state index in [9.17, 15) is 9.18 Å². The first-order chi connectivity index (χ1) is 9.06. The predicted molar refractivity (Wildman–Crippen MR) is 73.9 cm³/mol. The molecule has 0 spiro atoms. The number of rotatable bonds is 3. The highest BCUT2D eigenvalue weighted by Crippen LogP contribution is 2.45. The Morgan fingerprint density at radius 1 is 1.37 bits per heavy atom. The van der Waals surface area contributed by atoms with Crippen molar-refractivity contribution < 1.29 is 14.3 Å². The van der Waals surface area contributed by atoms with Crippen LogP contribution < -0.4 is 5.32 Å². The number of fused-ring (bicyclic) bond motifs is 2. The molecular weight excluding hydrogens is 313 g/mol. The van der Waals surface area contributed by atoms with Gasteiger partial charge in [0.25, 0.3) is 0 Å². The van der Waals surface area contributed by atoms with Gasteiger partial charge in [0.15, 0.2) is 5.82 Å². The maximum atomic E-state index is 14.1. The van der Waals surface area contributed by atoms with Crippen LogP contribution in [0.1, 0.15) is 36.0 Å². The average Bonchev–Trinajstić information content (AvgIpc) is 2.97. The molecule has 0 aromatic heterocycles. The number of anilines is 1. The summed E-state index contributed by atoms with van der Waals surface area (Å²) in [4.78, 5) is 10.9. The molecule has 0 radical (unpaired) electrons. The highest BCUT2D eigenvalue weighted by atomic mass is 79.9. The summed E-state index contributed by atoms with van der Waals surface area (Å²) in [6, 6.07) is 3.29. The lowest BCUT2D eigenvalue weighted by atomic mass is 9.95. The fraction of sp³-hybridized carbons (Fsp3) is 0.500. The highest BCUT2D eigenvalue weighted by Gasteiger charge is 2.39. The third kappa shape index (κ3) is 2.24. The van der Waals surface area contributed by atoms with Crippen LogP contribution in [0.3, 0.4) is 0 Å². The second kappa shape index (κ2) is 4.78. The van der Waals surface area contributed by atoms with Crippen molar-refractivity contribution in [2.75, 3.05) is 5.32 Å². The minimum atomic E-state index is -1.13. The van der Waals surface area contributed by atoms with Crippen LogP contribution in [0.15, 0.2) is 16.6 Å². The van der Waals surface area contributed by atoms with Crippen LogP contribution in [0.25, 0.3) is 0 Å². The molecule has 3 unspecified atom stereocenters. The lowest BCUT2D eigenvalue weighted by molar-refractivity contribution is 0.0695. The van der Waals surface area contributed by atoms with E-state index in [1.165, 1.54) is 31.4 Å². The van der Waals surface area contributed by atoms with Gasteiger partial charge in [-0.25, -0.2) is 9.18 Å². The molecule has 3 nitrogen and oxygen atoms in total. The summed E-state index contributed by atoms with van der Waals surface area (Å²) in [5, 5.41) is 12.2. The minimum Gasteiger partial charge on any atom is -0.478 e. The topological polar surface area (TPSA) is 49.3 Å². The largest absolute Gasteiger partial charge is 0.478 e. The molecule has 0 heterocycles. The molecule has 0 aliphatic heterocycles. The van der Waals surface area contributed by atoms with Crippen molar-refractivity contribution in [3.05, 3.63) is 28.0 Å². The molecule has 3 atom stereocenters. The Morgan fingerprint density at radius 3 is 2.74 bits per heavy atom. The van der Waals surface area contributed by atoms with Gasteiger partial charge in [-0.2, -0.15) is 0 Å². The molecule has 1 aromatic rings. The summed E-state index contributed by atoms with van der Waals surface area (Å²) >= 11 is 3.03. The van der Waals surface area contributed by atoms with Gasteiger partial charge < -0.3 is 10.4 Å². The standard InChI is InChI=1S/C14H15BrFNO2/c15-12-9(14(18)19)3-4-10(13(12)16)17-11-6-7-1-2-8(11)5-7/h3-4,7-8,11,17H,1-2,5-6H2,(H,18,19). The SMILES string of the molecule is O=C(O)c1ccc(NC2CC3CCC2C3)c(F)c1Br. The Balaban J connectivity index is 1.82. The van der Waals surface area contributed by atoms with Gasteiger partial charge in [0.05, 0.1) is 15.7 Å². The van der Waals surface area contributed by atoms with Crippen molar-refractivity contribution >= 4 is 27.6 Å². The monoisotopic (exact) mass is 327 g/mol. The first-order valence-corrected chi connectivity index (χ1v) is 7.33. The molecule has 0 saturated heterocycles. The Bertz CT molecular complexity index is 534. The number of nitrogens with one attached hydrogen (secondary N) is 1. The van der Waals surface area contributed by atoms with E-state index < -0.39 is 11.8 Å². The lowest BCUT2D eigenvalue weighted by Crippen LogP contribution is -2.26. The van der Waals surface area contributed by atoms with Crippen LogP contribution >= 0.6 is 15.9 Å². The average molecular weight is 328 g/mol. The molecule has 2 bridgehead atoms. The van der Waals surface area contributed by atoms with Crippen molar-refractivity contribution in [1.82, 2.24) is 0 Å². The Hall–Kier alpha value is -1.10.